The number of benzene rings is 1. The smallest absolute Gasteiger partial charge is 0.237 e. The first kappa shape index (κ1) is 21.6. The Morgan fingerprint density at radius 3 is 2.43 bits per heavy atom. The summed E-state index contributed by atoms with van der Waals surface area (Å²) in [7, 11) is -3.78. The molecule has 6 nitrogen and oxygen atoms in total. The molecule has 3 fully saturated rings. The van der Waals surface area contributed by atoms with E-state index in [4.69, 9.17) is 0 Å². The fourth-order valence-electron chi connectivity index (χ4n) is 4.89. The second kappa shape index (κ2) is 8.88. The summed E-state index contributed by atoms with van der Waals surface area (Å²) in [6, 6.07) is 6.38. The van der Waals surface area contributed by atoms with E-state index in [1.54, 1.807) is 12.1 Å². The number of carbonyl (C=O) groups excluding carboxylic acids is 1. The van der Waals surface area contributed by atoms with Gasteiger partial charge in [0.2, 0.25) is 5.91 Å². The van der Waals surface area contributed by atoms with Crippen molar-refractivity contribution in [1.29, 1.82) is 0 Å². The molecule has 3 N–H and O–H groups in total. The summed E-state index contributed by atoms with van der Waals surface area (Å²) in [4.78, 5) is 12.6. The third-order valence-electron chi connectivity index (χ3n) is 6.58. The lowest BCUT2D eigenvalue weighted by Gasteiger charge is -2.27. The first-order chi connectivity index (χ1) is 14.3. The molecule has 30 heavy (non-hydrogen) atoms. The second-order valence-electron chi connectivity index (χ2n) is 8.74. The van der Waals surface area contributed by atoms with Crippen LogP contribution in [0.5, 0.6) is 0 Å². The Morgan fingerprint density at radius 2 is 1.77 bits per heavy atom. The van der Waals surface area contributed by atoms with Crippen LogP contribution in [0.3, 0.4) is 0 Å². The monoisotopic (exact) mass is 441 g/mol. The van der Waals surface area contributed by atoms with Crippen LogP contribution in [0.2, 0.25) is 0 Å². The maximum absolute atomic E-state index is 13.6. The number of nitrogens with one attached hydrogen (secondary N) is 3. The summed E-state index contributed by atoms with van der Waals surface area (Å²) in [5, 5.41) is 8.64. The van der Waals surface area contributed by atoms with Gasteiger partial charge in [0, 0.05) is 19.0 Å². The Hall–Kier alpha value is -1.58. The molecule has 4 rings (SSSR count). The van der Waals surface area contributed by atoms with Crippen LogP contribution in [-0.4, -0.2) is 57.1 Å². The number of halogens is 2. The minimum atomic E-state index is -3.78. The number of sulfone groups is 1. The number of piperidine rings is 1. The van der Waals surface area contributed by atoms with Gasteiger partial charge in [0.25, 0.3) is 0 Å². The lowest BCUT2D eigenvalue weighted by molar-refractivity contribution is -0.123. The van der Waals surface area contributed by atoms with Crippen LogP contribution in [0, 0.1) is 5.92 Å². The first-order valence-corrected chi connectivity index (χ1v) is 12.2. The Labute approximate surface area is 176 Å². The van der Waals surface area contributed by atoms with Gasteiger partial charge in [-0.1, -0.05) is 12.1 Å². The van der Waals surface area contributed by atoms with E-state index in [2.05, 4.69) is 16.0 Å². The Balaban J connectivity index is 1.33. The molecule has 3 aliphatic rings. The predicted molar refractivity (Wildman–Crippen MR) is 109 cm³/mol. The Bertz CT molecular complexity index is 841. The summed E-state index contributed by atoms with van der Waals surface area (Å²) in [5.41, 5.74) is 0.773. The zero-order chi connectivity index (χ0) is 21.3. The van der Waals surface area contributed by atoms with Crippen molar-refractivity contribution in [2.75, 3.05) is 13.1 Å². The quantitative estimate of drug-likeness (QED) is 0.647. The molecule has 0 radical (unpaired) electrons. The van der Waals surface area contributed by atoms with Crippen molar-refractivity contribution in [2.24, 2.45) is 5.92 Å². The number of amides is 1. The third kappa shape index (κ3) is 4.68. The van der Waals surface area contributed by atoms with Crippen LogP contribution in [-0.2, 0) is 21.2 Å². The van der Waals surface area contributed by atoms with Gasteiger partial charge in [-0.3, -0.25) is 4.79 Å². The van der Waals surface area contributed by atoms with Gasteiger partial charge in [-0.2, -0.15) is 0 Å². The highest BCUT2D eigenvalue weighted by atomic mass is 32.2. The normalized spacial score (nSPS) is 34.3. The van der Waals surface area contributed by atoms with E-state index in [1.807, 2.05) is 0 Å². The zero-order valence-corrected chi connectivity index (χ0v) is 17.6. The number of hydrogen-bond acceptors (Lipinski definition) is 5. The molecule has 2 saturated heterocycles. The van der Waals surface area contributed by atoms with Crippen molar-refractivity contribution >= 4 is 15.7 Å². The average Bonchev–Trinajstić information content (AvgIpc) is 3.16. The molecular weight excluding hydrogens is 412 g/mol. The van der Waals surface area contributed by atoms with Crippen molar-refractivity contribution in [1.82, 2.24) is 16.0 Å². The molecule has 1 aromatic carbocycles. The van der Waals surface area contributed by atoms with Gasteiger partial charge in [0.05, 0.1) is 16.2 Å². The largest absolute Gasteiger partial charge is 0.351 e. The highest BCUT2D eigenvalue weighted by Crippen LogP contribution is 2.32. The van der Waals surface area contributed by atoms with Crippen LogP contribution >= 0.6 is 0 Å². The number of alkyl halides is 2. The minimum absolute atomic E-state index is 0.0497. The van der Waals surface area contributed by atoms with Gasteiger partial charge in [0.15, 0.2) is 9.84 Å². The Kier molecular flexibility index (Phi) is 6.41. The molecule has 0 bridgehead atoms. The highest BCUT2D eigenvalue weighted by Gasteiger charge is 2.39. The lowest BCUT2D eigenvalue weighted by Crippen LogP contribution is -2.45. The molecule has 1 aromatic rings. The molecule has 2 aliphatic heterocycles. The molecule has 1 amide bonds. The number of hydrogen-bond donors (Lipinski definition) is 3. The van der Waals surface area contributed by atoms with E-state index in [0.717, 1.165) is 31.5 Å². The summed E-state index contributed by atoms with van der Waals surface area (Å²) in [6.07, 6.45) is -1.55. The van der Waals surface area contributed by atoms with E-state index >= 15 is 0 Å². The molecule has 5 atom stereocenters. The van der Waals surface area contributed by atoms with Crippen molar-refractivity contribution < 1.29 is 22.0 Å². The summed E-state index contributed by atoms with van der Waals surface area (Å²) >= 11 is 0. The standard InChI is InChI=1S/C21H29F2N3O3S/c22-15-8-16(23)10-18(9-15)30(28,29)17-3-1-13(2-4-17)11-25-21(27)20-7-14-12-24-6-5-19(14)26-20/h1-4,14-16,18-20,24,26H,5-12H2,(H,25,27). The van der Waals surface area contributed by atoms with Gasteiger partial charge in [0.1, 0.15) is 12.3 Å². The maximum atomic E-state index is 13.6. The molecule has 9 heteroatoms. The summed E-state index contributed by atoms with van der Waals surface area (Å²) < 4.78 is 52.8. The van der Waals surface area contributed by atoms with Crippen molar-refractivity contribution in [3.05, 3.63) is 29.8 Å². The Morgan fingerprint density at radius 1 is 1.07 bits per heavy atom. The van der Waals surface area contributed by atoms with Crippen LogP contribution in [0.4, 0.5) is 8.78 Å². The van der Waals surface area contributed by atoms with Gasteiger partial charge < -0.3 is 16.0 Å². The van der Waals surface area contributed by atoms with E-state index in [-0.39, 0.29) is 36.1 Å². The van der Waals surface area contributed by atoms with Crippen LogP contribution in [0.1, 0.15) is 37.7 Å². The molecule has 0 aromatic heterocycles. The first-order valence-electron chi connectivity index (χ1n) is 10.7. The van der Waals surface area contributed by atoms with Gasteiger partial charge in [-0.05, 0) is 62.4 Å². The molecule has 5 unspecified atom stereocenters. The van der Waals surface area contributed by atoms with E-state index < -0.39 is 27.4 Å². The van der Waals surface area contributed by atoms with Crippen molar-refractivity contribution in [2.45, 2.75) is 73.2 Å². The van der Waals surface area contributed by atoms with Crippen LogP contribution < -0.4 is 16.0 Å². The number of carbonyl (C=O) groups is 1. The predicted octanol–water partition coefficient (Wildman–Crippen LogP) is 1.65. The molecule has 1 aliphatic carbocycles. The molecule has 0 spiro atoms. The van der Waals surface area contributed by atoms with Gasteiger partial charge >= 0.3 is 0 Å². The summed E-state index contributed by atoms with van der Waals surface area (Å²) in [5.74, 6) is 0.429. The van der Waals surface area contributed by atoms with E-state index in [1.165, 1.54) is 12.1 Å². The minimum Gasteiger partial charge on any atom is -0.351 e. The molecule has 166 valence electrons. The fraction of sp³-hybridized carbons (Fsp3) is 0.667. The molecule has 2 heterocycles. The number of fused-ring (bicyclic) bond motifs is 1. The third-order valence-corrected chi connectivity index (χ3v) is 8.78. The van der Waals surface area contributed by atoms with Crippen molar-refractivity contribution in [3.63, 3.8) is 0 Å². The van der Waals surface area contributed by atoms with Gasteiger partial charge in [-0.15, -0.1) is 0 Å². The second-order valence-corrected chi connectivity index (χ2v) is 11.0. The van der Waals surface area contributed by atoms with E-state index in [0.29, 0.717) is 18.5 Å². The summed E-state index contributed by atoms with van der Waals surface area (Å²) in [6.45, 7) is 2.20. The topological polar surface area (TPSA) is 87.3 Å². The average molecular weight is 442 g/mol. The van der Waals surface area contributed by atoms with E-state index in [9.17, 15) is 22.0 Å². The lowest BCUT2D eigenvalue weighted by atomic mass is 9.94. The van der Waals surface area contributed by atoms with Gasteiger partial charge in [-0.25, -0.2) is 17.2 Å². The van der Waals surface area contributed by atoms with Crippen molar-refractivity contribution in [3.8, 4) is 0 Å². The molecule has 1 saturated carbocycles. The highest BCUT2D eigenvalue weighted by molar-refractivity contribution is 7.92. The zero-order valence-electron chi connectivity index (χ0n) is 16.8. The van der Waals surface area contributed by atoms with Crippen LogP contribution in [0.25, 0.3) is 0 Å². The SMILES string of the molecule is O=C(NCc1ccc(S(=O)(=O)C2CC(F)CC(F)C2)cc1)C1CC2CNCCC2N1. The molecular formula is C21H29F2N3O3S. The maximum Gasteiger partial charge on any atom is 0.237 e. The van der Waals surface area contributed by atoms with Crippen LogP contribution in [0.15, 0.2) is 29.2 Å². The number of rotatable bonds is 5. The fourth-order valence-corrected chi connectivity index (χ4v) is 6.72.